The van der Waals surface area contributed by atoms with E-state index in [2.05, 4.69) is 19.9 Å². The zero-order valence-electron chi connectivity index (χ0n) is 27.6. The first kappa shape index (κ1) is 39.5. The van der Waals surface area contributed by atoms with E-state index < -0.39 is 0 Å². The van der Waals surface area contributed by atoms with Gasteiger partial charge in [0.1, 0.15) is 6.10 Å². The molecule has 3 heteroatoms. The van der Waals surface area contributed by atoms with Gasteiger partial charge in [-0.3, -0.25) is 0 Å². The molecule has 1 N–H and O–H groups in total. The van der Waals surface area contributed by atoms with Crippen molar-refractivity contribution >= 4 is 0 Å². The molecular weight excluding hydrogens is 492 g/mol. The summed E-state index contributed by atoms with van der Waals surface area (Å²) in [6.07, 6.45) is 43.5. The first-order chi connectivity index (χ1) is 19.8. The first-order valence-electron chi connectivity index (χ1n) is 18.3. The highest BCUT2D eigenvalue weighted by atomic mass is 16.5. The van der Waals surface area contributed by atoms with Crippen LogP contribution in [0.2, 0.25) is 0 Å². The van der Waals surface area contributed by atoms with Crippen molar-refractivity contribution in [2.45, 2.75) is 206 Å². The fourth-order valence-electron chi connectivity index (χ4n) is 5.44. The van der Waals surface area contributed by atoms with Gasteiger partial charge in [0.25, 0.3) is 0 Å². The number of unbranched alkanes of at least 4 members (excludes halogenated alkanes) is 27. The van der Waals surface area contributed by atoms with Crippen LogP contribution in [0.3, 0.4) is 0 Å². The number of hydrogen-bond donors (Lipinski definition) is 1. The molecular formula is C37H74O3. The average Bonchev–Trinajstić information content (AvgIpc) is 2.97. The molecule has 0 aromatic rings. The molecule has 0 rings (SSSR count). The number of rotatable bonds is 35. The molecule has 0 saturated carbocycles. The molecule has 0 aromatic heterocycles. The molecule has 240 valence electrons. The zero-order chi connectivity index (χ0) is 29.0. The standard InChI is InChI=1S/C37H74O3/c1-3-5-7-9-11-13-15-17-19-20-22-24-26-28-30-32-34-40-37(35-38)36-39-33-31-29-27-25-23-21-18-16-14-12-10-8-6-4-2/h32,34,37-38H,3-31,33,35-36H2,1-2H3/t37-/m0/s1. The van der Waals surface area contributed by atoms with Gasteiger partial charge in [-0.2, -0.15) is 0 Å². The molecule has 0 unspecified atom stereocenters. The summed E-state index contributed by atoms with van der Waals surface area (Å²) < 4.78 is 11.4. The Labute approximate surface area is 252 Å². The Morgan fingerprint density at radius 2 is 0.825 bits per heavy atom. The summed E-state index contributed by atoms with van der Waals surface area (Å²) in [5.74, 6) is 0. The summed E-state index contributed by atoms with van der Waals surface area (Å²) in [6.45, 7) is 5.86. The lowest BCUT2D eigenvalue weighted by molar-refractivity contribution is -0.00352. The van der Waals surface area contributed by atoms with Crippen molar-refractivity contribution in [1.82, 2.24) is 0 Å². The van der Waals surface area contributed by atoms with Gasteiger partial charge >= 0.3 is 0 Å². The lowest BCUT2D eigenvalue weighted by Gasteiger charge is -2.14. The van der Waals surface area contributed by atoms with Gasteiger partial charge in [0.2, 0.25) is 0 Å². The van der Waals surface area contributed by atoms with Gasteiger partial charge in [-0.15, -0.1) is 0 Å². The van der Waals surface area contributed by atoms with E-state index >= 15 is 0 Å². The quantitative estimate of drug-likeness (QED) is 0.0612. The summed E-state index contributed by atoms with van der Waals surface area (Å²) in [5, 5.41) is 9.55. The Kier molecular flexibility index (Phi) is 36.0. The van der Waals surface area contributed by atoms with Crippen LogP contribution in [-0.4, -0.2) is 31.0 Å². The van der Waals surface area contributed by atoms with E-state index in [0.717, 1.165) is 19.4 Å². The third-order valence-electron chi connectivity index (χ3n) is 8.24. The van der Waals surface area contributed by atoms with Crippen molar-refractivity contribution in [3.63, 3.8) is 0 Å². The molecule has 0 saturated heterocycles. The third-order valence-corrected chi connectivity index (χ3v) is 8.24. The van der Waals surface area contributed by atoms with Crippen molar-refractivity contribution in [2.75, 3.05) is 19.8 Å². The molecule has 0 aromatic carbocycles. The fourth-order valence-corrected chi connectivity index (χ4v) is 5.44. The second-order valence-corrected chi connectivity index (χ2v) is 12.4. The van der Waals surface area contributed by atoms with E-state index in [1.807, 2.05) is 0 Å². The summed E-state index contributed by atoms with van der Waals surface area (Å²) in [5.41, 5.74) is 0. The minimum absolute atomic E-state index is 0.0158. The molecule has 3 nitrogen and oxygen atoms in total. The van der Waals surface area contributed by atoms with Crippen molar-refractivity contribution in [3.8, 4) is 0 Å². The van der Waals surface area contributed by atoms with Crippen LogP contribution in [0, 0.1) is 0 Å². The van der Waals surface area contributed by atoms with Crippen molar-refractivity contribution in [1.29, 1.82) is 0 Å². The lowest BCUT2D eigenvalue weighted by atomic mass is 10.0. The van der Waals surface area contributed by atoms with Gasteiger partial charge in [0, 0.05) is 6.61 Å². The van der Waals surface area contributed by atoms with Gasteiger partial charge in [0.05, 0.1) is 19.5 Å². The summed E-state index contributed by atoms with van der Waals surface area (Å²) >= 11 is 0. The van der Waals surface area contributed by atoms with E-state index in [4.69, 9.17) is 9.47 Å². The number of ether oxygens (including phenoxy) is 2. The smallest absolute Gasteiger partial charge is 0.144 e. The van der Waals surface area contributed by atoms with Crippen molar-refractivity contribution < 1.29 is 14.6 Å². The highest BCUT2D eigenvalue weighted by Gasteiger charge is 2.06. The molecule has 0 fully saturated rings. The van der Waals surface area contributed by atoms with E-state index in [1.165, 1.54) is 173 Å². The monoisotopic (exact) mass is 567 g/mol. The molecule has 1 atom stereocenters. The van der Waals surface area contributed by atoms with Crippen LogP contribution < -0.4 is 0 Å². The predicted molar refractivity (Wildman–Crippen MR) is 177 cm³/mol. The van der Waals surface area contributed by atoms with Crippen molar-refractivity contribution in [3.05, 3.63) is 12.3 Å². The van der Waals surface area contributed by atoms with Crippen LogP contribution in [0.1, 0.15) is 200 Å². The molecule has 40 heavy (non-hydrogen) atoms. The first-order valence-corrected chi connectivity index (χ1v) is 18.3. The molecule has 0 bridgehead atoms. The summed E-state index contributed by atoms with van der Waals surface area (Å²) in [6, 6.07) is 0. The lowest BCUT2D eigenvalue weighted by Crippen LogP contribution is -2.22. The second kappa shape index (κ2) is 36.5. The molecule has 0 spiro atoms. The third kappa shape index (κ3) is 33.7. The maximum absolute atomic E-state index is 9.55. The average molecular weight is 567 g/mol. The molecule has 0 radical (unpaired) electrons. The molecule has 0 aliphatic heterocycles. The minimum atomic E-state index is -0.237. The van der Waals surface area contributed by atoms with Crippen LogP contribution in [0.15, 0.2) is 12.3 Å². The molecule has 0 aliphatic rings. The van der Waals surface area contributed by atoms with E-state index in [-0.39, 0.29) is 12.7 Å². The second-order valence-electron chi connectivity index (χ2n) is 12.4. The maximum atomic E-state index is 9.55. The predicted octanol–water partition coefficient (Wildman–Crippen LogP) is 12.2. The van der Waals surface area contributed by atoms with Crippen LogP contribution in [0.25, 0.3) is 0 Å². The van der Waals surface area contributed by atoms with Gasteiger partial charge in [-0.05, 0) is 25.3 Å². The molecule has 0 aliphatic carbocycles. The highest BCUT2D eigenvalue weighted by Crippen LogP contribution is 2.14. The number of aliphatic hydroxyl groups excluding tert-OH is 1. The Hall–Kier alpha value is -0.540. The van der Waals surface area contributed by atoms with E-state index in [0.29, 0.717) is 6.61 Å². The van der Waals surface area contributed by atoms with Gasteiger partial charge in [0.15, 0.2) is 0 Å². The van der Waals surface area contributed by atoms with Crippen LogP contribution in [0.5, 0.6) is 0 Å². The van der Waals surface area contributed by atoms with Gasteiger partial charge < -0.3 is 14.6 Å². The summed E-state index contributed by atoms with van der Waals surface area (Å²) in [4.78, 5) is 0. The van der Waals surface area contributed by atoms with Crippen molar-refractivity contribution in [2.24, 2.45) is 0 Å². The topological polar surface area (TPSA) is 38.7 Å². The highest BCUT2D eigenvalue weighted by molar-refractivity contribution is 4.75. The van der Waals surface area contributed by atoms with Gasteiger partial charge in [-0.25, -0.2) is 0 Å². The number of aliphatic hydroxyl groups is 1. The summed E-state index contributed by atoms with van der Waals surface area (Å²) in [7, 11) is 0. The normalized spacial score (nSPS) is 12.5. The van der Waals surface area contributed by atoms with E-state index in [9.17, 15) is 5.11 Å². The number of allylic oxidation sites excluding steroid dienone is 1. The van der Waals surface area contributed by atoms with Crippen LogP contribution in [0.4, 0.5) is 0 Å². The Bertz CT molecular complexity index is 464. The Balaban J connectivity index is 3.32. The van der Waals surface area contributed by atoms with Gasteiger partial charge in [-0.1, -0.05) is 181 Å². The van der Waals surface area contributed by atoms with Crippen LogP contribution in [-0.2, 0) is 9.47 Å². The fraction of sp³-hybridized carbons (Fsp3) is 0.946. The largest absolute Gasteiger partial charge is 0.494 e. The Morgan fingerprint density at radius 3 is 1.20 bits per heavy atom. The molecule has 0 heterocycles. The Morgan fingerprint density at radius 1 is 0.475 bits per heavy atom. The van der Waals surface area contributed by atoms with Crippen LogP contribution >= 0.6 is 0 Å². The maximum Gasteiger partial charge on any atom is 0.144 e. The minimum Gasteiger partial charge on any atom is -0.494 e. The molecule has 0 amide bonds. The number of hydrogen-bond acceptors (Lipinski definition) is 3. The van der Waals surface area contributed by atoms with E-state index in [1.54, 1.807) is 6.26 Å². The zero-order valence-corrected chi connectivity index (χ0v) is 27.6. The SMILES string of the molecule is CCCCCCCCCCCCCCCCC=CO[C@@H](CO)COCCCCCCCCCCCCCCCC.